The third kappa shape index (κ3) is 4.26. The Bertz CT molecular complexity index is 1570. The summed E-state index contributed by atoms with van der Waals surface area (Å²) in [7, 11) is 0.885. The number of carbonyl (C=O) groups is 1. The van der Waals surface area contributed by atoms with Crippen LogP contribution in [0.25, 0.3) is 0 Å². The van der Waals surface area contributed by atoms with E-state index < -0.39 is 7.21 Å². The molecular weight excluding hydrogens is 595 g/mol. The van der Waals surface area contributed by atoms with Gasteiger partial charge < -0.3 is 14.4 Å². The van der Waals surface area contributed by atoms with E-state index in [1.165, 1.54) is 35.4 Å². The number of hydrogen-bond donors (Lipinski definition) is 0. The predicted molar refractivity (Wildman–Crippen MR) is 164 cm³/mol. The lowest BCUT2D eigenvalue weighted by Crippen LogP contribution is -2.39. The molecule has 0 unspecified atom stereocenters. The molecule has 0 radical (unpaired) electrons. The molecule has 1 aromatic heterocycles. The number of aliphatic imine (C=N–C) groups is 1. The Kier molecular flexibility index (Phi) is 6.92. The van der Waals surface area contributed by atoms with E-state index in [9.17, 15) is 4.79 Å². The molecule has 3 aliphatic heterocycles. The Morgan fingerprint density at radius 1 is 1.15 bits per heavy atom. The number of thiophene rings is 1. The van der Waals surface area contributed by atoms with Gasteiger partial charge in [-0.05, 0) is 42.0 Å². The summed E-state index contributed by atoms with van der Waals surface area (Å²) >= 11 is 4.95. The van der Waals surface area contributed by atoms with Gasteiger partial charge in [-0.1, -0.05) is 48.0 Å². The molecular formula is C29H30BrN4O3PS. The third-order valence-electron chi connectivity index (χ3n) is 7.65. The molecule has 0 N–H and O–H groups in total. The predicted octanol–water partition coefficient (Wildman–Crippen LogP) is 7.06. The van der Waals surface area contributed by atoms with E-state index in [2.05, 4.69) is 70.7 Å². The molecule has 7 nitrogen and oxygen atoms in total. The Labute approximate surface area is 241 Å². The van der Waals surface area contributed by atoms with Crippen LogP contribution in [0.15, 0.2) is 79.8 Å². The summed E-state index contributed by atoms with van der Waals surface area (Å²) in [6.07, 6.45) is 2.02. The number of likely N-dealkylation sites (N-methyl/N-ethyl adjacent to an activating group) is 1. The topological polar surface area (TPSA) is 66.7 Å². The lowest BCUT2D eigenvalue weighted by Gasteiger charge is -2.43. The van der Waals surface area contributed by atoms with E-state index in [0.29, 0.717) is 18.1 Å². The van der Waals surface area contributed by atoms with Crippen molar-refractivity contribution in [2.75, 3.05) is 45.4 Å². The van der Waals surface area contributed by atoms with Crippen molar-refractivity contribution in [1.29, 1.82) is 0 Å². The normalized spacial score (nSPS) is 23.9. The fourth-order valence-electron chi connectivity index (χ4n) is 5.88. The van der Waals surface area contributed by atoms with E-state index >= 15 is 0 Å². The van der Waals surface area contributed by atoms with Gasteiger partial charge in [-0.15, -0.1) is 11.3 Å². The smallest absolute Gasteiger partial charge is 0.348 e. The molecule has 0 aliphatic carbocycles. The minimum Gasteiger partial charge on any atom is -0.465 e. The molecule has 2 aromatic carbocycles. The number of anilines is 1. The molecule has 0 amide bonds. The summed E-state index contributed by atoms with van der Waals surface area (Å²) in [5.41, 5.74) is 4.26. The van der Waals surface area contributed by atoms with Crippen LogP contribution in [-0.2, 0) is 14.9 Å². The molecule has 1 atom stereocenters. The van der Waals surface area contributed by atoms with Crippen molar-refractivity contribution in [3.05, 3.63) is 80.5 Å². The van der Waals surface area contributed by atoms with Crippen molar-refractivity contribution in [3.8, 4) is 0 Å². The second-order valence-electron chi connectivity index (χ2n) is 10.2. The maximum atomic E-state index is 12.7. The van der Waals surface area contributed by atoms with Gasteiger partial charge in [0.2, 0.25) is 0 Å². The van der Waals surface area contributed by atoms with E-state index in [-0.39, 0.29) is 11.4 Å². The lowest BCUT2D eigenvalue weighted by molar-refractivity contribution is 0.0606. The van der Waals surface area contributed by atoms with Gasteiger partial charge in [-0.2, -0.15) is 0 Å². The first-order valence-corrected chi connectivity index (χ1v) is 16.1. The summed E-state index contributed by atoms with van der Waals surface area (Å²) in [4.78, 5) is 20.5. The maximum absolute atomic E-state index is 12.7. The zero-order valence-electron chi connectivity index (χ0n) is 22.3. The Morgan fingerprint density at radius 3 is 2.56 bits per heavy atom. The molecule has 0 spiro atoms. The lowest BCUT2D eigenvalue weighted by atomic mass is 9.84. The zero-order chi connectivity index (χ0) is 27.4. The van der Waals surface area contributed by atoms with Crippen molar-refractivity contribution in [1.82, 2.24) is 4.67 Å². The highest BCUT2D eigenvalue weighted by Crippen LogP contribution is 2.67. The van der Waals surface area contributed by atoms with E-state index in [1.54, 1.807) is 0 Å². The quantitative estimate of drug-likeness (QED) is 0.231. The molecule has 3 aromatic rings. The van der Waals surface area contributed by atoms with Crippen LogP contribution in [0.5, 0.6) is 0 Å². The van der Waals surface area contributed by atoms with Crippen molar-refractivity contribution in [2.45, 2.75) is 19.3 Å². The summed E-state index contributed by atoms with van der Waals surface area (Å²) < 4.78 is 20.1. The largest absolute Gasteiger partial charge is 0.465 e. The highest BCUT2D eigenvalue weighted by atomic mass is 79.9. The number of para-hydroxylation sites is 1. The molecule has 1 saturated heterocycles. The van der Waals surface area contributed by atoms with Crippen molar-refractivity contribution < 1.29 is 14.3 Å². The van der Waals surface area contributed by atoms with Crippen LogP contribution in [0, 0.1) is 0 Å². The number of allylic oxidation sites excluding steroid dienone is 2. The number of esters is 1. The van der Waals surface area contributed by atoms with Crippen LogP contribution in [0.1, 0.15) is 29.1 Å². The SMILES string of the molecule is COC(=O)c1cc2c(s1)N=C/C(=C1\N(C)c3ccccc3C1(C)C)[P@]2(=Nc1ccc(Br)cc1)N1CCOCC1. The molecule has 202 valence electrons. The second-order valence-corrected chi connectivity index (χ2v) is 15.1. The van der Waals surface area contributed by atoms with Gasteiger partial charge in [0.05, 0.1) is 26.0 Å². The molecule has 0 bridgehead atoms. The van der Waals surface area contributed by atoms with Gasteiger partial charge in [0.15, 0.2) is 0 Å². The molecule has 1 fully saturated rings. The number of halogens is 1. The van der Waals surface area contributed by atoms with Gasteiger partial charge in [0.1, 0.15) is 17.1 Å². The highest BCUT2D eigenvalue weighted by molar-refractivity contribution is 9.10. The maximum Gasteiger partial charge on any atom is 0.348 e. The summed E-state index contributed by atoms with van der Waals surface area (Å²) in [6, 6.07) is 18.7. The average molecular weight is 626 g/mol. The standard InChI is InChI=1S/C29H30BrN4O3PS/c1-29(2)21-7-5-6-8-22(21)33(3)26(29)24-18-31-27-23(17-25(39-27)28(35)36-4)38(24,34-13-15-37-16-14-34)32-20-11-9-19(30)10-12-20/h5-12,17-18H,13-16H2,1-4H3/b26-24+/t38-/m1/s1. The van der Waals surface area contributed by atoms with E-state index in [1.807, 2.05) is 36.5 Å². The van der Waals surface area contributed by atoms with Crippen LogP contribution in [-0.4, -0.2) is 57.3 Å². The molecule has 6 rings (SSSR count). The fourth-order valence-corrected chi connectivity index (χ4v) is 11.6. The van der Waals surface area contributed by atoms with Crippen LogP contribution >= 0.6 is 34.5 Å². The first kappa shape index (κ1) is 26.7. The average Bonchev–Trinajstić information content (AvgIpc) is 3.48. The van der Waals surface area contributed by atoms with Crippen LogP contribution in [0.4, 0.5) is 16.4 Å². The number of methoxy groups -OCH3 is 1. The summed E-state index contributed by atoms with van der Waals surface area (Å²) in [6.45, 7) is 7.28. The minimum atomic E-state index is -2.67. The van der Waals surface area contributed by atoms with Gasteiger partial charge in [0.25, 0.3) is 0 Å². The molecule has 3 aliphatic rings. The third-order valence-corrected chi connectivity index (χ3v) is 13.1. The van der Waals surface area contributed by atoms with Gasteiger partial charge in [0, 0.05) is 58.2 Å². The fraction of sp³-hybridized carbons (Fsp3) is 0.310. The first-order valence-electron chi connectivity index (χ1n) is 12.8. The Balaban J connectivity index is 1.73. The Hall–Kier alpha value is -2.55. The number of carbonyl (C=O) groups excluding carboxylic acids is 1. The first-order chi connectivity index (χ1) is 18.8. The monoisotopic (exact) mass is 624 g/mol. The molecule has 0 saturated carbocycles. The second kappa shape index (κ2) is 10.1. The number of benzene rings is 2. The van der Waals surface area contributed by atoms with Gasteiger partial charge in [-0.3, -0.25) is 4.67 Å². The van der Waals surface area contributed by atoms with Crippen molar-refractivity contribution in [2.24, 2.45) is 9.74 Å². The summed E-state index contributed by atoms with van der Waals surface area (Å²) in [5.74, 6) is -0.353. The van der Waals surface area contributed by atoms with Crippen LogP contribution < -0.4 is 10.2 Å². The van der Waals surface area contributed by atoms with E-state index in [0.717, 1.165) is 38.9 Å². The number of morpholine rings is 1. The van der Waals surface area contributed by atoms with Crippen LogP contribution in [0.3, 0.4) is 0 Å². The number of fused-ring (bicyclic) bond motifs is 2. The molecule has 10 heteroatoms. The van der Waals surface area contributed by atoms with Crippen molar-refractivity contribution >= 4 is 68.3 Å². The molecule has 4 heterocycles. The Morgan fingerprint density at radius 2 is 1.87 bits per heavy atom. The number of ether oxygens (including phenoxy) is 2. The number of rotatable bonds is 3. The van der Waals surface area contributed by atoms with Gasteiger partial charge >= 0.3 is 5.97 Å². The minimum absolute atomic E-state index is 0.280. The zero-order valence-corrected chi connectivity index (χ0v) is 25.6. The molecule has 39 heavy (non-hydrogen) atoms. The van der Waals surface area contributed by atoms with Crippen molar-refractivity contribution in [3.63, 3.8) is 0 Å². The summed E-state index contributed by atoms with van der Waals surface area (Å²) in [5, 5.41) is 2.93. The van der Waals surface area contributed by atoms with Crippen LogP contribution in [0.2, 0.25) is 0 Å². The number of nitrogens with zero attached hydrogens (tertiary/aromatic N) is 4. The van der Waals surface area contributed by atoms with Gasteiger partial charge in [-0.25, -0.2) is 14.5 Å². The highest BCUT2D eigenvalue weighted by Gasteiger charge is 2.48. The number of hydrogen-bond acceptors (Lipinski definition) is 7. The van der Waals surface area contributed by atoms with E-state index in [4.69, 9.17) is 19.2 Å².